The van der Waals surface area contributed by atoms with Crippen molar-refractivity contribution in [3.05, 3.63) is 70.8 Å². The molecule has 0 aromatic heterocycles. The molecule has 1 N–H and O–H groups in total. The maximum atomic E-state index is 13.5. The van der Waals surface area contributed by atoms with E-state index in [1.807, 2.05) is 48.5 Å². The van der Waals surface area contributed by atoms with Crippen LogP contribution in [0.2, 0.25) is 0 Å². The summed E-state index contributed by atoms with van der Waals surface area (Å²) >= 11 is 7.86. The number of imide groups is 1. The SMILES string of the molecule is O=C(NN1C(=O)[C@H]2[C@H](C1=O)C1(Br)c3ccccc3C2(Br)c2ccccc21)C1CC1. The van der Waals surface area contributed by atoms with E-state index < -0.39 is 20.5 Å². The third-order valence-corrected chi connectivity index (χ3v) is 9.45. The van der Waals surface area contributed by atoms with Crippen LogP contribution in [-0.2, 0) is 23.0 Å². The van der Waals surface area contributed by atoms with Gasteiger partial charge in [-0.2, -0.15) is 5.01 Å². The molecule has 7 rings (SSSR count). The molecule has 2 atom stereocenters. The van der Waals surface area contributed by atoms with E-state index in [0.717, 1.165) is 40.1 Å². The van der Waals surface area contributed by atoms with Crippen molar-refractivity contribution in [2.75, 3.05) is 0 Å². The molecule has 2 aromatic carbocycles. The molecular weight excluding hydrogens is 500 g/mol. The first-order valence-electron chi connectivity index (χ1n) is 9.66. The molecule has 7 heteroatoms. The summed E-state index contributed by atoms with van der Waals surface area (Å²) in [5, 5.41) is 0.972. The van der Waals surface area contributed by atoms with Crippen LogP contribution in [0, 0.1) is 17.8 Å². The van der Waals surface area contributed by atoms with E-state index in [1.165, 1.54) is 0 Å². The Morgan fingerprint density at radius 2 is 1.21 bits per heavy atom. The van der Waals surface area contributed by atoms with Gasteiger partial charge in [-0.3, -0.25) is 19.8 Å². The van der Waals surface area contributed by atoms with Gasteiger partial charge >= 0.3 is 0 Å². The van der Waals surface area contributed by atoms with Gasteiger partial charge in [0.05, 0.1) is 20.5 Å². The van der Waals surface area contributed by atoms with Crippen LogP contribution in [0.25, 0.3) is 0 Å². The van der Waals surface area contributed by atoms with Crippen molar-refractivity contribution in [3.8, 4) is 0 Å². The number of rotatable bonds is 2. The quantitative estimate of drug-likeness (QED) is 0.492. The fourth-order valence-electron chi connectivity index (χ4n) is 5.32. The van der Waals surface area contributed by atoms with E-state index in [1.54, 1.807) is 0 Å². The standard InChI is InChI=1S/C22H16Br2N2O3/c23-21-12-5-1-2-6-13(12)22(24,15-8-4-3-7-14(15)21)17-16(21)19(28)26(20(17)29)25-18(27)11-9-10-11/h1-8,11,16-17H,9-10H2,(H,25,27)/t16-,17-,21?,22?/m1/s1. The molecule has 1 aliphatic heterocycles. The molecule has 1 saturated heterocycles. The highest BCUT2D eigenvalue weighted by molar-refractivity contribution is 9.10. The minimum atomic E-state index is -0.827. The smallest absolute Gasteiger partial charge is 0.254 e. The number of nitrogens with zero attached hydrogens (tertiary/aromatic N) is 1. The van der Waals surface area contributed by atoms with Crippen molar-refractivity contribution in [1.82, 2.24) is 10.4 Å². The lowest BCUT2D eigenvalue weighted by atomic mass is 9.54. The Hall–Kier alpha value is -1.99. The van der Waals surface area contributed by atoms with Gasteiger partial charge in [0, 0.05) is 5.92 Å². The van der Waals surface area contributed by atoms with Crippen molar-refractivity contribution in [1.29, 1.82) is 0 Å². The molecule has 5 aliphatic rings. The molecule has 146 valence electrons. The van der Waals surface area contributed by atoms with Crippen LogP contribution < -0.4 is 5.43 Å². The molecule has 1 saturated carbocycles. The molecule has 29 heavy (non-hydrogen) atoms. The van der Waals surface area contributed by atoms with Crippen LogP contribution in [0.15, 0.2) is 48.5 Å². The van der Waals surface area contributed by atoms with E-state index in [0.29, 0.717) is 0 Å². The highest BCUT2D eigenvalue weighted by Gasteiger charge is 2.72. The van der Waals surface area contributed by atoms with Crippen molar-refractivity contribution >= 4 is 49.6 Å². The first-order chi connectivity index (χ1) is 13.9. The molecule has 2 bridgehead atoms. The van der Waals surface area contributed by atoms with Crippen molar-refractivity contribution < 1.29 is 14.4 Å². The average molecular weight is 516 g/mol. The summed E-state index contributed by atoms with van der Waals surface area (Å²) in [5.74, 6) is -2.38. The Labute approximate surface area is 184 Å². The van der Waals surface area contributed by atoms with Gasteiger partial charge in [-0.05, 0) is 35.1 Å². The summed E-state index contributed by atoms with van der Waals surface area (Å²) in [6, 6.07) is 15.8. The van der Waals surface area contributed by atoms with Gasteiger partial charge in [-0.25, -0.2) is 0 Å². The number of carbonyl (C=O) groups excluding carboxylic acids is 3. The Kier molecular flexibility index (Phi) is 3.43. The molecule has 2 fully saturated rings. The van der Waals surface area contributed by atoms with Gasteiger partial charge < -0.3 is 0 Å². The number of benzene rings is 2. The van der Waals surface area contributed by atoms with Crippen LogP contribution in [0.5, 0.6) is 0 Å². The van der Waals surface area contributed by atoms with Crippen molar-refractivity contribution in [3.63, 3.8) is 0 Å². The Morgan fingerprint density at radius 1 is 0.828 bits per heavy atom. The summed E-state index contributed by atoms with van der Waals surface area (Å²) in [5.41, 5.74) is 6.53. The zero-order chi connectivity index (χ0) is 20.1. The van der Waals surface area contributed by atoms with Crippen LogP contribution >= 0.6 is 31.9 Å². The van der Waals surface area contributed by atoms with Crippen LogP contribution in [-0.4, -0.2) is 22.7 Å². The van der Waals surface area contributed by atoms with Gasteiger partial charge in [0.2, 0.25) is 5.91 Å². The van der Waals surface area contributed by atoms with Crippen LogP contribution in [0.3, 0.4) is 0 Å². The van der Waals surface area contributed by atoms with Gasteiger partial charge in [0.15, 0.2) is 0 Å². The summed E-state index contributed by atoms with van der Waals surface area (Å²) < 4.78 is -1.65. The number of alkyl halides is 2. The zero-order valence-corrected chi connectivity index (χ0v) is 18.4. The number of hydrogen-bond acceptors (Lipinski definition) is 3. The Balaban J connectivity index is 1.59. The summed E-state index contributed by atoms with van der Waals surface area (Å²) in [7, 11) is 0. The third-order valence-electron chi connectivity index (χ3n) is 6.76. The molecular formula is C22H16Br2N2O3. The van der Waals surface area contributed by atoms with Gasteiger partial charge in [0.25, 0.3) is 11.8 Å². The second-order valence-corrected chi connectivity index (χ2v) is 10.7. The molecule has 5 nitrogen and oxygen atoms in total. The summed E-state index contributed by atoms with van der Waals surface area (Å²) in [6.07, 6.45) is 1.60. The number of halogens is 2. The van der Waals surface area contributed by atoms with Gasteiger partial charge in [0.1, 0.15) is 0 Å². The fraction of sp³-hybridized carbons (Fsp3) is 0.318. The molecule has 1 heterocycles. The monoisotopic (exact) mass is 514 g/mol. The largest absolute Gasteiger partial charge is 0.273 e. The number of amides is 3. The van der Waals surface area contributed by atoms with E-state index in [9.17, 15) is 14.4 Å². The minimum absolute atomic E-state index is 0.0970. The maximum Gasteiger partial charge on any atom is 0.254 e. The Bertz CT molecular complexity index is 1010. The summed E-state index contributed by atoms with van der Waals surface area (Å²) in [6.45, 7) is 0. The maximum absolute atomic E-state index is 13.5. The zero-order valence-electron chi connectivity index (χ0n) is 15.2. The number of hydrazine groups is 1. The molecule has 0 spiro atoms. The van der Waals surface area contributed by atoms with E-state index in [4.69, 9.17) is 0 Å². The molecule has 2 aromatic rings. The lowest BCUT2D eigenvalue weighted by molar-refractivity contribution is -0.149. The first kappa shape index (κ1) is 17.8. The number of hydrogen-bond donors (Lipinski definition) is 1. The highest BCUT2D eigenvalue weighted by atomic mass is 79.9. The van der Waals surface area contributed by atoms with Crippen LogP contribution in [0.1, 0.15) is 35.1 Å². The lowest BCUT2D eigenvalue weighted by Gasteiger charge is -2.55. The fourth-order valence-corrected chi connectivity index (χ4v) is 7.63. The second-order valence-electron chi connectivity index (χ2n) is 8.23. The predicted octanol–water partition coefficient (Wildman–Crippen LogP) is 3.33. The van der Waals surface area contributed by atoms with Gasteiger partial charge in [-0.1, -0.05) is 80.4 Å². The number of nitrogens with one attached hydrogen (secondary N) is 1. The molecule has 4 aliphatic carbocycles. The van der Waals surface area contributed by atoms with Crippen molar-refractivity contribution in [2.45, 2.75) is 21.5 Å². The topological polar surface area (TPSA) is 66.5 Å². The normalized spacial score (nSPS) is 33.9. The van der Waals surface area contributed by atoms with E-state index >= 15 is 0 Å². The molecule has 0 unspecified atom stereocenters. The number of carbonyl (C=O) groups is 3. The summed E-state index contributed by atoms with van der Waals surface area (Å²) in [4.78, 5) is 39.4. The first-order valence-corrected chi connectivity index (χ1v) is 11.2. The lowest BCUT2D eigenvalue weighted by Crippen LogP contribution is -2.56. The predicted molar refractivity (Wildman–Crippen MR) is 112 cm³/mol. The average Bonchev–Trinajstić information content (AvgIpc) is 3.55. The molecule has 0 radical (unpaired) electrons. The van der Waals surface area contributed by atoms with Gasteiger partial charge in [-0.15, -0.1) is 0 Å². The Morgan fingerprint density at radius 3 is 1.55 bits per heavy atom. The second kappa shape index (κ2) is 5.58. The highest BCUT2D eigenvalue weighted by Crippen LogP contribution is 2.70. The van der Waals surface area contributed by atoms with E-state index in [-0.39, 0.29) is 23.6 Å². The van der Waals surface area contributed by atoms with Crippen molar-refractivity contribution in [2.24, 2.45) is 17.8 Å². The third kappa shape index (κ3) is 1.98. The molecule has 3 amide bonds. The van der Waals surface area contributed by atoms with E-state index in [2.05, 4.69) is 37.3 Å². The minimum Gasteiger partial charge on any atom is -0.273 e. The van der Waals surface area contributed by atoms with Crippen LogP contribution in [0.4, 0.5) is 0 Å².